The normalized spacial score (nSPS) is 28.9. The topological polar surface area (TPSA) is 662 Å². The van der Waals surface area contributed by atoms with Crippen molar-refractivity contribution in [2.24, 2.45) is 5.73 Å². The van der Waals surface area contributed by atoms with Gasteiger partial charge in [0.2, 0.25) is 65.6 Å². The van der Waals surface area contributed by atoms with E-state index < -0.39 is 316 Å². The van der Waals surface area contributed by atoms with Crippen LogP contribution in [-0.2, 0) is 68.5 Å². The van der Waals surface area contributed by atoms with Crippen molar-refractivity contribution in [2.45, 2.75) is 199 Å². The second kappa shape index (κ2) is 40.8. The summed E-state index contributed by atoms with van der Waals surface area (Å²) in [6, 6.07) is 0.558. The molecule has 8 amide bonds. The van der Waals surface area contributed by atoms with Gasteiger partial charge in [0.25, 0.3) is 0 Å². The maximum Gasteiger partial charge on any atom is 0.330 e. The summed E-state index contributed by atoms with van der Waals surface area (Å²) in [6.07, 6.45) is -22.2. The molecule has 42 nitrogen and oxygen atoms in total. The third-order valence-electron chi connectivity index (χ3n) is 23.1. The number of phenols is 4. The third kappa shape index (κ3) is 20.6. The van der Waals surface area contributed by atoms with E-state index in [1.54, 1.807) is 6.08 Å². The number of allylic oxidation sites excluding steroid dienone is 2. The Morgan fingerprint density at radius 2 is 1.07 bits per heavy atom. The van der Waals surface area contributed by atoms with Gasteiger partial charge in [-0.3, -0.25) is 38.4 Å². The van der Waals surface area contributed by atoms with Gasteiger partial charge in [-0.2, -0.15) is 0 Å². The molecule has 16 rings (SSSR count). The lowest BCUT2D eigenvalue weighted by molar-refractivity contribution is -0.284. The van der Waals surface area contributed by atoms with Crippen molar-refractivity contribution in [1.82, 2.24) is 42.5 Å². The first-order chi connectivity index (χ1) is 63.0. The number of carbonyl (C=O) groups is 9. The Morgan fingerprint density at radius 1 is 0.508 bits per heavy atom. The quantitative estimate of drug-likeness (QED) is 0.0396. The van der Waals surface area contributed by atoms with Gasteiger partial charge in [-0.05, 0) is 132 Å². The minimum absolute atomic E-state index is 0.0251. The van der Waals surface area contributed by atoms with Crippen LogP contribution >= 0.6 is 23.2 Å². The highest BCUT2D eigenvalue weighted by molar-refractivity contribution is 6.32. The fraction of sp³-hybridized carbons (Fsp3) is 0.398. The molecule has 25 N–H and O–H groups in total. The molecule has 23 atom stereocenters. The Hall–Kier alpha value is -12.3. The monoisotopic (exact) mass is 1880 g/mol. The molecule has 3 saturated heterocycles. The Balaban J connectivity index is 1.04. The largest absolute Gasteiger partial charge is 0.508 e. The molecule has 0 unspecified atom stereocenters. The van der Waals surface area contributed by atoms with Crippen LogP contribution in [0.15, 0.2) is 127 Å². The molecule has 704 valence electrons. The van der Waals surface area contributed by atoms with E-state index in [1.807, 2.05) is 13.0 Å². The second-order valence-electron chi connectivity index (χ2n) is 32.3. The minimum Gasteiger partial charge on any atom is -0.508 e. The van der Waals surface area contributed by atoms with Gasteiger partial charge >= 0.3 is 5.97 Å². The maximum atomic E-state index is 17.0. The number of halogens is 2. The Morgan fingerprint density at radius 3 is 1.70 bits per heavy atom. The van der Waals surface area contributed by atoms with Gasteiger partial charge in [-0.1, -0.05) is 79.4 Å². The zero-order valence-electron chi connectivity index (χ0n) is 69.9. The van der Waals surface area contributed by atoms with Gasteiger partial charge < -0.3 is 167 Å². The predicted molar refractivity (Wildman–Crippen MR) is 453 cm³/mol. The van der Waals surface area contributed by atoms with E-state index in [2.05, 4.69) is 42.5 Å². The van der Waals surface area contributed by atoms with Gasteiger partial charge in [-0.25, -0.2) is 4.79 Å². The molecule has 9 aliphatic rings. The zero-order valence-corrected chi connectivity index (χ0v) is 71.4. The molecule has 44 heteroatoms. The van der Waals surface area contributed by atoms with Gasteiger partial charge in [0.1, 0.15) is 156 Å². The first-order valence-electron chi connectivity index (χ1n) is 41.7. The van der Waals surface area contributed by atoms with Crippen LogP contribution in [0.1, 0.15) is 128 Å². The first-order valence-corrected chi connectivity index (χ1v) is 42.5. The van der Waals surface area contributed by atoms with Crippen LogP contribution in [0.5, 0.6) is 69.0 Å². The summed E-state index contributed by atoms with van der Waals surface area (Å²) in [5.74, 6) is -19.7. The number of nitrogens with two attached hydrogens (primary N) is 1. The van der Waals surface area contributed by atoms with Gasteiger partial charge in [-0.15, -0.1) is 0 Å². The molecular weight excluding hydrogens is 1780 g/mol. The average Bonchev–Trinajstić information content (AvgIpc) is 0.757. The number of phenolic OH excluding ortho intramolecular Hbond substituents is 4. The lowest BCUT2D eigenvalue weighted by Gasteiger charge is -2.44. The number of ether oxygens (including phenoxy) is 9. The molecule has 3 fully saturated rings. The molecule has 0 radical (unpaired) electrons. The lowest BCUT2D eigenvalue weighted by atomic mass is 9.89. The van der Waals surface area contributed by atoms with Crippen molar-refractivity contribution < 1.29 is 162 Å². The summed E-state index contributed by atoms with van der Waals surface area (Å²) in [5.41, 5.74) is 2.76. The highest BCUT2D eigenvalue weighted by Gasteiger charge is 2.52. The number of unbranched alkanes of at least 4 members (excludes halogenated alkanes) is 3. The number of aliphatic hydroxyl groups is 10. The molecular formula is C88H95Cl2N9O33. The number of amides is 8. The van der Waals surface area contributed by atoms with Crippen LogP contribution in [0.4, 0.5) is 0 Å². The lowest BCUT2D eigenvalue weighted by Crippen LogP contribution is -2.65. The zero-order chi connectivity index (χ0) is 94.7. The predicted octanol–water partition coefficient (Wildman–Crippen LogP) is 0.940. The number of fused-ring (bicyclic) bond motifs is 14. The van der Waals surface area contributed by atoms with E-state index in [9.17, 15) is 95.8 Å². The molecule has 7 aromatic carbocycles. The highest BCUT2D eigenvalue weighted by atomic mass is 35.5. The number of carboxylic acid groups (broad SMARTS) is 1. The van der Waals surface area contributed by atoms with E-state index in [1.165, 1.54) is 30.3 Å². The van der Waals surface area contributed by atoms with Crippen molar-refractivity contribution in [3.8, 4) is 80.1 Å². The Labute approximate surface area is 759 Å². The number of carboxylic acids is 1. The van der Waals surface area contributed by atoms with Crippen LogP contribution in [0.3, 0.4) is 0 Å². The highest BCUT2D eigenvalue weighted by Crippen LogP contribution is 2.51. The summed E-state index contributed by atoms with van der Waals surface area (Å²) in [6.45, 7) is -0.149. The van der Waals surface area contributed by atoms with E-state index in [-0.39, 0.29) is 46.2 Å². The van der Waals surface area contributed by atoms with Gasteiger partial charge in [0, 0.05) is 48.6 Å². The molecule has 7 aromatic rings. The number of aromatic hydroxyl groups is 4. The van der Waals surface area contributed by atoms with Crippen molar-refractivity contribution >= 4 is 76.4 Å². The second-order valence-corrected chi connectivity index (χ2v) is 33.2. The van der Waals surface area contributed by atoms with Crippen molar-refractivity contribution in [1.29, 1.82) is 0 Å². The number of nitrogens with one attached hydrogen (secondary N) is 8. The molecule has 0 spiro atoms. The molecule has 17 bridgehead atoms. The molecule has 0 saturated carbocycles. The van der Waals surface area contributed by atoms with E-state index >= 15 is 24.0 Å². The van der Waals surface area contributed by atoms with E-state index in [4.69, 9.17) is 71.6 Å². The summed E-state index contributed by atoms with van der Waals surface area (Å²) >= 11 is 14.7. The number of hydrogen-bond donors (Lipinski definition) is 24. The molecule has 9 aliphatic heterocycles. The first kappa shape index (κ1) is 95.8. The summed E-state index contributed by atoms with van der Waals surface area (Å²) in [7, 11) is 0. The smallest absolute Gasteiger partial charge is 0.330 e. The number of aliphatic hydroxyl groups excluding tert-OH is 10. The standard InChI is InChI=1S/C88H95Cl2N9O33/c1-3-4-5-6-7-8-9-10-60(108)94-68-74(113)71(110)58(32-101)129-87(68)132-78-55-26-40-27-56(78)126-52-18-14-38(24-47(52)90)77(131-86-67(92-34(2)103)73(112)70(109)57(31-100)128-86)69-84(121)98-66(85(122)123)45-29-42(105)30-54(127-88-76(115)75(114)72(111)59(33-102)130-88)61(45)44-23-37(13-15-49(44)106)63(81(118)99-69)96-83(120)65(40)97-82(119)64-39-21-41(104)28-43(22-39)124-53-25-36(12-16-50(53)107)62(91)80(117)93-48(79(116)95-64)20-35-11-17-51(125-55)46(89)19-35/h7-8,11-19,21-30,48,57-59,62-77,86-88,100-102,104-107,109-115H,3-6,9-10,20,31-33,91H2,1-2H3,(H,92,103)(H,93,117)(H,94,108)(H,95,116)(H,96,120)(H,97,119)(H,98,121)(H,99,118)(H,122,123)/b8-7+/t48-,57+,58+,59-,62-,63-,64+,65-,66+,67+,68+,69+,70-,71-,72-,73-,74-,75-,76+,77-,86+,87+,88+/m1/s1. The average molecular weight is 1880 g/mol. The summed E-state index contributed by atoms with van der Waals surface area (Å²) in [4.78, 5) is 138. The summed E-state index contributed by atoms with van der Waals surface area (Å²) in [5, 5.41) is 190. The SMILES string of the molecule is CCCCC/C=C/CCC(=O)N[C@@H]1[C@H](Oc2c3cc4cc2Oc2ccc(cc2Cl)[C@@H](O[C@@H]2O[C@@H](CO)[C@@H](O)[C@H](O)[C@@H]2NC(C)=O)[C@@H]2NC(=O)[C@H](NC(=O)[C@@H]4NC(=O)[C@H]4NC(=O)[C@@H](Cc5ccc(c(Cl)c5)O3)NC(=O)[C@H](N)c3ccc(O)c(c3)Oc3cc(O)cc4c3)c3ccc(O)c(c3)-c3c(O[C@H]4O[C@H](CO)[C@@H](O)[C@@H](O)[C@@H]4O)cc(O)cc3[C@@H](C(=O)O)NC2=O)O[C@@H](CO)[C@@H](O)[C@@H]1O. The third-order valence-corrected chi connectivity index (χ3v) is 23.7. The fourth-order valence-corrected chi connectivity index (χ4v) is 16.7. The van der Waals surface area contributed by atoms with Gasteiger partial charge in [0.15, 0.2) is 35.3 Å². The number of benzene rings is 7. The van der Waals surface area contributed by atoms with Gasteiger partial charge in [0.05, 0.1) is 29.9 Å². The Bertz CT molecular complexity index is 5600. The number of hydrogen-bond acceptors (Lipinski definition) is 33. The summed E-state index contributed by atoms with van der Waals surface area (Å²) < 4.78 is 57.4. The fourth-order valence-electron chi connectivity index (χ4n) is 16.2. The number of rotatable bonds is 19. The van der Waals surface area contributed by atoms with Crippen molar-refractivity contribution in [3.63, 3.8) is 0 Å². The Kier molecular flexibility index (Phi) is 29.6. The molecule has 0 aliphatic carbocycles. The maximum absolute atomic E-state index is 17.0. The van der Waals surface area contributed by atoms with Crippen molar-refractivity contribution in [3.05, 3.63) is 176 Å². The molecule has 0 aromatic heterocycles. The van der Waals surface area contributed by atoms with Crippen LogP contribution in [-0.4, -0.2) is 254 Å². The molecule has 132 heavy (non-hydrogen) atoms. The molecule has 9 heterocycles. The number of carbonyl (C=O) groups excluding carboxylic acids is 8. The van der Waals surface area contributed by atoms with E-state index in [0.29, 0.717) is 6.42 Å². The van der Waals surface area contributed by atoms with Crippen LogP contribution < -0.4 is 72.0 Å². The minimum atomic E-state index is -2.59. The van der Waals surface area contributed by atoms with Crippen LogP contribution in [0.2, 0.25) is 10.0 Å². The van der Waals surface area contributed by atoms with E-state index in [0.717, 1.165) is 111 Å². The number of aliphatic carboxylic acids is 1. The van der Waals surface area contributed by atoms with Crippen LogP contribution in [0.25, 0.3) is 11.1 Å². The van der Waals surface area contributed by atoms with Crippen molar-refractivity contribution in [2.75, 3.05) is 19.8 Å². The van der Waals surface area contributed by atoms with Crippen LogP contribution in [0, 0.1) is 0 Å².